The normalized spacial score (nSPS) is 10.3. The first-order chi connectivity index (χ1) is 9.99. The van der Waals surface area contributed by atoms with Crippen molar-refractivity contribution in [3.8, 4) is 11.8 Å². The Bertz CT molecular complexity index is 638. The highest BCUT2D eigenvalue weighted by molar-refractivity contribution is 9.10. The maximum Gasteiger partial charge on any atom is 0.328 e. The van der Waals surface area contributed by atoms with Gasteiger partial charge in [0.25, 0.3) is 0 Å². The van der Waals surface area contributed by atoms with Crippen molar-refractivity contribution >= 4 is 27.8 Å². The lowest BCUT2D eigenvalue weighted by molar-refractivity contribution is 0.434. The van der Waals surface area contributed by atoms with E-state index < -0.39 is 5.82 Å². The molecule has 2 rings (SSSR count). The molecule has 0 radical (unpaired) electrons. The molecule has 0 aliphatic heterocycles. The SMILES string of the molecule is CCNc1nc(Oc2cc(F)ccc2Br)nc(N(C)C)n1. The van der Waals surface area contributed by atoms with Crippen LogP contribution in [0.4, 0.5) is 16.3 Å². The maximum atomic E-state index is 13.3. The molecule has 0 saturated carbocycles. The highest BCUT2D eigenvalue weighted by atomic mass is 79.9. The summed E-state index contributed by atoms with van der Waals surface area (Å²) in [6.45, 7) is 2.60. The van der Waals surface area contributed by atoms with Gasteiger partial charge in [0, 0.05) is 26.7 Å². The average molecular weight is 356 g/mol. The Morgan fingerprint density at radius 1 is 1.29 bits per heavy atom. The molecule has 0 aliphatic rings. The van der Waals surface area contributed by atoms with Crippen LogP contribution in [0.1, 0.15) is 6.92 Å². The molecule has 2 aromatic rings. The fourth-order valence-electron chi connectivity index (χ4n) is 1.48. The van der Waals surface area contributed by atoms with E-state index in [1.54, 1.807) is 11.0 Å². The van der Waals surface area contributed by atoms with Gasteiger partial charge in [0.15, 0.2) is 0 Å². The Morgan fingerprint density at radius 2 is 2.05 bits per heavy atom. The lowest BCUT2D eigenvalue weighted by Gasteiger charge is -2.13. The van der Waals surface area contributed by atoms with Crippen LogP contribution in [0.3, 0.4) is 0 Å². The number of halogens is 2. The second kappa shape index (κ2) is 6.66. The highest BCUT2D eigenvalue weighted by Crippen LogP contribution is 2.29. The van der Waals surface area contributed by atoms with Crippen LogP contribution in [0, 0.1) is 5.82 Å². The summed E-state index contributed by atoms with van der Waals surface area (Å²) in [5, 5.41) is 3.00. The number of hydrogen-bond acceptors (Lipinski definition) is 6. The molecule has 21 heavy (non-hydrogen) atoms. The van der Waals surface area contributed by atoms with E-state index >= 15 is 0 Å². The lowest BCUT2D eigenvalue weighted by Crippen LogP contribution is -2.15. The summed E-state index contributed by atoms with van der Waals surface area (Å²) >= 11 is 3.30. The van der Waals surface area contributed by atoms with Crippen LogP contribution >= 0.6 is 15.9 Å². The number of ether oxygens (including phenoxy) is 1. The fraction of sp³-hybridized carbons (Fsp3) is 0.308. The fourth-order valence-corrected chi connectivity index (χ4v) is 1.81. The molecular weight excluding hydrogens is 341 g/mol. The number of anilines is 2. The van der Waals surface area contributed by atoms with Crippen molar-refractivity contribution < 1.29 is 9.13 Å². The largest absolute Gasteiger partial charge is 0.423 e. The predicted octanol–water partition coefficient (Wildman–Crippen LogP) is 3.06. The Labute approximate surface area is 130 Å². The van der Waals surface area contributed by atoms with Gasteiger partial charge in [-0.25, -0.2) is 4.39 Å². The average Bonchev–Trinajstić information content (AvgIpc) is 2.43. The summed E-state index contributed by atoms with van der Waals surface area (Å²) < 4.78 is 19.4. The van der Waals surface area contributed by atoms with Crippen LogP contribution in [0.25, 0.3) is 0 Å². The van der Waals surface area contributed by atoms with Crippen molar-refractivity contribution in [1.29, 1.82) is 0 Å². The van der Waals surface area contributed by atoms with Gasteiger partial charge in [-0.2, -0.15) is 15.0 Å². The lowest BCUT2D eigenvalue weighted by atomic mass is 10.3. The summed E-state index contributed by atoms with van der Waals surface area (Å²) in [5.74, 6) is 0.748. The second-order valence-corrected chi connectivity index (χ2v) is 5.20. The third-order valence-corrected chi connectivity index (χ3v) is 3.09. The van der Waals surface area contributed by atoms with Gasteiger partial charge >= 0.3 is 6.01 Å². The molecular formula is C13H15BrFN5O. The molecule has 0 aliphatic carbocycles. The van der Waals surface area contributed by atoms with E-state index in [0.717, 1.165) is 0 Å². The predicted molar refractivity (Wildman–Crippen MR) is 82.5 cm³/mol. The zero-order chi connectivity index (χ0) is 15.4. The smallest absolute Gasteiger partial charge is 0.328 e. The number of hydrogen-bond donors (Lipinski definition) is 1. The van der Waals surface area contributed by atoms with Crippen LogP contribution < -0.4 is 15.0 Å². The third-order valence-electron chi connectivity index (χ3n) is 2.43. The van der Waals surface area contributed by atoms with E-state index in [0.29, 0.717) is 28.7 Å². The van der Waals surface area contributed by atoms with Gasteiger partial charge in [0.05, 0.1) is 4.47 Å². The molecule has 112 valence electrons. The second-order valence-electron chi connectivity index (χ2n) is 4.34. The van der Waals surface area contributed by atoms with E-state index in [4.69, 9.17) is 4.74 Å². The number of aromatic nitrogens is 3. The van der Waals surface area contributed by atoms with Gasteiger partial charge < -0.3 is 15.0 Å². The molecule has 0 saturated heterocycles. The van der Waals surface area contributed by atoms with Crippen molar-refractivity contribution in [3.05, 3.63) is 28.5 Å². The van der Waals surface area contributed by atoms with E-state index in [2.05, 4.69) is 36.2 Å². The molecule has 8 heteroatoms. The van der Waals surface area contributed by atoms with Gasteiger partial charge in [0.1, 0.15) is 11.6 Å². The summed E-state index contributed by atoms with van der Waals surface area (Å²) in [7, 11) is 3.62. The summed E-state index contributed by atoms with van der Waals surface area (Å²) in [4.78, 5) is 14.3. The van der Waals surface area contributed by atoms with Gasteiger partial charge in [0.2, 0.25) is 11.9 Å². The van der Waals surface area contributed by atoms with Crippen LogP contribution in [-0.2, 0) is 0 Å². The molecule has 0 bridgehead atoms. The molecule has 0 fully saturated rings. The van der Waals surface area contributed by atoms with Crippen LogP contribution in [0.15, 0.2) is 22.7 Å². The Hall–Kier alpha value is -1.96. The summed E-state index contributed by atoms with van der Waals surface area (Å²) in [6.07, 6.45) is 0. The molecule has 1 aromatic carbocycles. The quantitative estimate of drug-likeness (QED) is 0.889. The van der Waals surface area contributed by atoms with Gasteiger partial charge in [-0.3, -0.25) is 0 Å². The number of rotatable bonds is 5. The molecule has 6 nitrogen and oxygen atoms in total. The van der Waals surface area contributed by atoms with Crippen molar-refractivity contribution in [2.24, 2.45) is 0 Å². The molecule has 0 spiro atoms. The maximum absolute atomic E-state index is 13.3. The zero-order valence-electron chi connectivity index (χ0n) is 11.9. The van der Waals surface area contributed by atoms with Crippen LogP contribution in [0.5, 0.6) is 11.8 Å². The summed E-state index contributed by atoms with van der Waals surface area (Å²) in [5.41, 5.74) is 0. The van der Waals surface area contributed by atoms with Crippen LogP contribution in [0.2, 0.25) is 0 Å². The number of benzene rings is 1. The molecule has 1 heterocycles. The van der Waals surface area contributed by atoms with Crippen molar-refractivity contribution in [2.75, 3.05) is 30.9 Å². The first-order valence-corrected chi connectivity index (χ1v) is 7.09. The zero-order valence-corrected chi connectivity index (χ0v) is 13.5. The van der Waals surface area contributed by atoms with Gasteiger partial charge in [-0.05, 0) is 35.0 Å². The van der Waals surface area contributed by atoms with E-state index in [-0.39, 0.29) is 6.01 Å². The topological polar surface area (TPSA) is 63.2 Å². The van der Waals surface area contributed by atoms with Crippen molar-refractivity contribution in [2.45, 2.75) is 6.92 Å². The van der Waals surface area contributed by atoms with E-state index in [1.165, 1.54) is 12.1 Å². The molecule has 1 N–H and O–H groups in total. The number of nitrogens with one attached hydrogen (secondary N) is 1. The first-order valence-electron chi connectivity index (χ1n) is 6.29. The Kier molecular flexibility index (Phi) is 4.89. The van der Waals surface area contributed by atoms with E-state index in [1.807, 2.05) is 21.0 Å². The minimum atomic E-state index is -0.401. The molecule has 0 atom stereocenters. The van der Waals surface area contributed by atoms with Crippen molar-refractivity contribution in [1.82, 2.24) is 15.0 Å². The van der Waals surface area contributed by atoms with E-state index in [9.17, 15) is 4.39 Å². The monoisotopic (exact) mass is 355 g/mol. The minimum Gasteiger partial charge on any atom is -0.423 e. The number of nitrogens with zero attached hydrogens (tertiary/aromatic N) is 4. The first kappa shape index (κ1) is 15.4. The molecule has 0 unspecified atom stereocenters. The highest BCUT2D eigenvalue weighted by Gasteiger charge is 2.11. The standard InChI is InChI=1S/C13H15BrFN5O/c1-4-16-11-17-12(20(2)3)19-13(18-11)21-10-7-8(15)5-6-9(10)14/h5-7H,4H2,1-3H3,(H,16,17,18,19). The Balaban J connectivity index is 2.36. The third kappa shape index (κ3) is 4.01. The van der Waals surface area contributed by atoms with Crippen LogP contribution in [-0.4, -0.2) is 35.6 Å². The summed E-state index contributed by atoms with van der Waals surface area (Å²) in [6, 6.07) is 4.25. The van der Waals surface area contributed by atoms with Gasteiger partial charge in [-0.15, -0.1) is 0 Å². The van der Waals surface area contributed by atoms with Crippen molar-refractivity contribution in [3.63, 3.8) is 0 Å². The Morgan fingerprint density at radius 3 is 2.71 bits per heavy atom. The molecule has 1 aromatic heterocycles. The molecule has 0 amide bonds. The minimum absolute atomic E-state index is 0.0935. The van der Waals surface area contributed by atoms with Gasteiger partial charge in [-0.1, -0.05) is 0 Å².